The highest BCUT2D eigenvalue weighted by atomic mass is 16.6. The highest BCUT2D eigenvalue weighted by molar-refractivity contribution is 6.00. The molecule has 9 nitrogen and oxygen atoms in total. The summed E-state index contributed by atoms with van der Waals surface area (Å²) >= 11 is 0. The minimum atomic E-state index is -0.547. The quantitative estimate of drug-likeness (QED) is 0.223. The van der Waals surface area contributed by atoms with Crippen LogP contribution in [0.3, 0.4) is 0 Å². The highest BCUT2D eigenvalue weighted by Crippen LogP contribution is 2.38. The largest absolute Gasteiger partial charge is 0.444 e. The Morgan fingerprint density at radius 2 is 1.17 bits per heavy atom. The summed E-state index contributed by atoms with van der Waals surface area (Å²) in [7, 11) is 0. The van der Waals surface area contributed by atoms with Gasteiger partial charge in [0.2, 0.25) is 0 Å². The topological polar surface area (TPSA) is 100 Å². The highest BCUT2D eigenvalue weighted by Gasteiger charge is 2.40. The van der Waals surface area contributed by atoms with Crippen LogP contribution in [0.25, 0.3) is 33.5 Å². The van der Waals surface area contributed by atoms with Crippen molar-refractivity contribution in [1.29, 1.82) is 0 Å². The zero-order valence-electron chi connectivity index (χ0n) is 31.7. The number of carbonyl (C=O) groups is 2. The lowest BCUT2D eigenvalue weighted by Gasteiger charge is -2.28. The lowest BCUT2D eigenvalue weighted by Crippen LogP contribution is -2.43. The normalized spacial score (nSPS) is 21.7. The molecule has 0 spiro atoms. The van der Waals surface area contributed by atoms with Crippen molar-refractivity contribution in [3.63, 3.8) is 0 Å². The summed E-state index contributed by atoms with van der Waals surface area (Å²) in [6.45, 7) is 17.1. The fourth-order valence-electron chi connectivity index (χ4n) is 7.64. The minimum Gasteiger partial charge on any atom is -0.444 e. The zero-order valence-corrected chi connectivity index (χ0v) is 31.7. The van der Waals surface area contributed by atoms with Crippen molar-refractivity contribution < 1.29 is 19.1 Å². The first-order chi connectivity index (χ1) is 24.6. The molecule has 0 radical (unpaired) electrons. The number of hydrogen-bond acceptors (Lipinski definition) is 6. The predicted molar refractivity (Wildman–Crippen MR) is 206 cm³/mol. The van der Waals surface area contributed by atoms with E-state index in [1.165, 1.54) is 5.56 Å². The molecule has 1 aromatic heterocycles. The fraction of sp³-hybridized carbons (Fsp3) is 0.442. The van der Waals surface area contributed by atoms with E-state index in [1.54, 1.807) is 4.90 Å². The van der Waals surface area contributed by atoms with Gasteiger partial charge in [0.25, 0.3) is 0 Å². The molecule has 272 valence electrons. The van der Waals surface area contributed by atoms with Crippen LogP contribution in [0.5, 0.6) is 0 Å². The van der Waals surface area contributed by atoms with Crippen LogP contribution < -0.4 is 0 Å². The Labute approximate surface area is 307 Å². The number of aromatic amines is 1. The van der Waals surface area contributed by atoms with Gasteiger partial charge in [-0.25, -0.2) is 14.6 Å². The van der Waals surface area contributed by atoms with Crippen LogP contribution in [0.4, 0.5) is 15.3 Å². The van der Waals surface area contributed by atoms with E-state index in [2.05, 4.69) is 85.6 Å². The SMILES string of the molecule is C[C@H]1CC(c2ncc(-c3ccc(-c4ccc(-c5ccc6c(c5)N=C([C@@H]5C[C@H](C)CN5C(=O)OC(C)(C)C)C6)cc4)cc3)[nH]2)N(C(=O)OC(C)(C)C)C1. The molecule has 3 aromatic carbocycles. The maximum atomic E-state index is 13.0. The van der Waals surface area contributed by atoms with Gasteiger partial charge in [-0.1, -0.05) is 74.5 Å². The number of amides is 2. The first-order valence-electron chi connectivity index (χ1n) is 18.6. The van der Waals surface area contributed by atoms with Crippen molar-refractivity contribution in [3.05, 3.63) is 84.3 Å². The van der Waals surface area contributed by atoms with Crippen LogP contribution in [-0.2, 0) is 15.9 Å². The van der Waals surface area contributed by atoms with E-state index in [0.29, 0.717) is 24.9 Å². The summed E-state index contributed by atoms with van der Waals surface area (Å²) in [6.07, 6.45) is 3.80. The average molecular weight is 702 g/mol. The molecule has 3 aliphatic heterocycles. The van der Waals surface area contributed by atoms with Crippen LogP contribution in [-0.4, -0.2) is 68.0 Å². The number of likely N-dealkylation sites (tertiary alicyclic amines) is 2. The van der Waals surface area contributed by atoms with Crippen molar-refractivity contribution in [2.75, 3.05) is 13.1 Å². The monoisotopic (exact) mass is 701 g/mol. The lowest BCUT2D eigenvalue weighted by atomic mass is 9.97. The molecule has 2 saturated heterocycles. The van der Waals surface area contributed by atoms with Gasteiger partial charge in [0.05, 0.1) is 29.7 Å². The van der Waals surface area contributed by atoms with Crippen LogP contribution in [0.2, 0.25) is 0 Å². The van der Waals surface area contributed by atoms with E-state index in [-0.39, 0.29) is 24.3 Å². The Hall–Kier alpha value is -4.92. The van der Waals surface area contributed by atoms with Gasteiger partial charge in [0.1, 0.15) is 17.0 Å². The number of benzene rings is 3. The van der Waals surface area contributed by atoms with Crippen LogP contribution in [0, 0.1) is 11.8 Å². The summed E-state index contributed by atoms with van der Waals surface area (Å²) in [5.74, 6) is 1.55. The maximum Gasteiger partial charge on any atom is 0.410 e. The first-order valence-corrected chi connectivity index (χ1v) is 18.6. The molecule has 1 unspecified atom stereocenters. The lowest BCUT2D eigenvalue weighted by molar-refractivity contribution is 0.0212. The van der Waals surface area contributed by atoms with E-state index < -0.39 is 11.2 Å². The first kappa shape index (κ1) is 35.5. The number of nitrogens with one attached hydrogen (secondary N) is 1. The van der Waals surface area contributed by atoms with Gasteiger partial charge in [-0.15, -0.1) is 0 Å². The van der Waals surface area contributed by atoms with E-state index >= 15 is 0 Å². The van der Waals surface area contributed by atoms with Crippen LogP contribution in [0.15, 0.2) is 77.9 Å². The number of hydrogen-bond donors (Lipinski definition) is 1. The third-order valence-electron chi connectivity index (χ3n) is 10.0. The Morgan fingerprint density at radius 3 is 1.73 bits per heavy atom. The third kappa shape index (κ3) is 7.64. The number of rotatable bonds is 5. The number of aliphatic imine (C=N–C) groups is 1. The molecule has 9 heteroatoms. The summed E-state index contributed by atoms with van der Waals surface area (Å²) in [4.78, 5) is 42.9. The Morgan fingerprint density at radius 1 is 0.692 bits per heavy atom. The molecule has 4 atom stereocenters. The molecule has 0 aliphatic carbocycles. The zero-order chi connectivity index (χ0) is 36.9. The molecule has 0 bridgehead atoms. The molecule has 1 N–H and O–H groups in total. The van der Waals surface area contributed by atoms with Gasteiger partial charge in [0, 0.05) is 25.2 Å². The van der Waals surface area contributed by atoms with Gasteiger partial charge in [0.15, 0.2) is 0 Å². The van der Waals surface area contributed by atoms with Gasteiger partial charge in [-0.05, 0) is 106 Å². The number of fused-ring (bicyclic) bond motifs is 1. The van der Waals surface area contributed by atoms with E-state index in [1.807, 2.05) is 52.6 Å². The minimum absolute atomic E-state index is 0.0349. The molecule has 2 fully saturated rings. The maximum absolute atomic E-state index is 13.0. The number of carbonyl (C=O) groups excluding carboxylic acids is 2. The summed E-state index contributed by atoms with van der Waals surface area (Å²) in [6, 6.07) is 23.4. The predicted octanol–water partition coefficient (Wildman–Crippen LogP) is 10.0. The number of H-pyrrole nitrogens is 1. The smallest absolute Gasteiger partial charge is 0.410 e. The fourth-order valence-corrected chi connectivity index (χ4v) is 7.64. The van der Waals surface area contributed by atoms with Gasteiger partial charge in [-0.3, -0.25) is 14.8 Å². The Balaban J connectivity index is 1.02. The molecule has 4 aromatic rings. The van der Waals surface area contributed by atoms with Crippen LogP contribution in [0.1, 0.15) is 85.7 Å². The second kappa shape index (κ2) is 13.6. The van der Waals surface area contributed by atoms with E-state index in [4.69, 9.17) is 19.5 Å². The van der Waals surface area contributed by atoms with Gasteiger partial charge in [-0.2, -0.15) is 0 Å². The number of imidazole rings is 1. The summed E-state index contributed by atoms with van der Waals surface area (Å²) < 4.78 is 11.4. The molecule has 7 rings (SSSR count). The number of aromatic nitrogens is 2. The Kier molecular flexibility index (Phi) is 9.26. The molecule has 4 heterocycles. The average Bonchev–Trinajstić information content (AvgIpc) is 3.88. The standard InChI is InChI=1S/C43H51N5O4/c1-26-19-37(47(24-26)40(49)51-42(3,4)5)35-22-33-18-17-32(21-34(33)45-35)30-11-9-28(10-12-30)29-13-15-31(16-14-29)36-23-44-39(46-36)38-20-27(2)25-48(38)41(50)52-43(6,7)8/h9-18,21,23,26-27,37-38H,19-20,22,24-25H2,1-8H3,(H,44,46)/t26-,27-,37-,38?/m0/s1. The van der Waals surface area contributed by atoms with Crippen molar-refractivity contribution in [2.24, 2.45) is 16.8 Å². The van der Waals surface area contributed by atoms with E-state index in [9.17, 15) is 9.59 Å². The van der Waals surface area contributed by atoms with Gasteiger partial charge >= 0.3 is 12.2 Å². The van der Waals surface area contributed by atoms with Crippen molar-refractivity contribution >= 4 is 23.6 Å². The van der Waals surface area contributed by atoms with Crippen LogP contribution >= 0.6 is 0 Å². The number of ether oxygens (including phenoxy) is 2. The van der Waals surface area contributed by atoms with Crippen molar-refractivity contribution in [3.8, 4) is 33.5 Å². The number of nitrogens with zero attached hydrogens (tertiary/aromatic N) is 4. The van der Waals surface area contributed by atoms with Crippen molar-refractivity contribution in [1.82, 2.24) is 19.8 Å². The third-order valence-corrected chi connectivity index (χ3v) is 10.0. The van der Waals surface area contributed by atoms with E-state index in [0.717, 1.165) is 70.0 Å². The van der Waals surface area contributed by atoms with Crippen molar-refractivity contribution in [2.45, 2.75) is 97.9 Å². The summed E-state index contributed by atoms with van der Waals surface area (Å²) in [5.41, 5.74) is 8.60. The Bertz CT molecular complexity index is 1980. The summed E-state index contributed by atoms with van der Waals surface area (Å²) in [5, 5.41) is 0. The molecule has 2 amide bonds. The molecular weight excluding hydrogens is 651 g/mol. The second-order valence-corrected chi connectivity index (χ2v) is 16.9. The second-order valence-electron chi connectivity index (χ2n) is 16.9. The molecule has 0 saturated carbocycles. The molecule has 52 heavy (non-hydrogen) atoms. The molecular formula is C43H51N5O4. The van der Waals surface area contributed by atoms with Gasteiger partial charge < -0.3 is 14.5 Å². The molecule has 3 aliphatic rings.